The van der Waals surface area contributed by atoms with Gasteiger partial charge in [-0.2, -0.15) is 0 Å². The van der Waals surface area contributed by atoms with Crippen molar-refractivity contribution in [3.05, 3.63) is 123 Å². The van der Waals surface area contributed by atoms with Crippen LogP contribution in [-0.2, 0) is 13.1 Å². The number of phenolic OH excluding ortho intramolecular Hbond substituents is 1. The number of likely N-dealkylation sites (tertiary alicyclic amines) is 1. The van der Waals surface area contributed by atoms with E-state index in [0.29, 0.717) is 63.1 Å². The van der Waals surface area contributed by atoms with Gasteiger partial charge in [-0.3, -0.25) is 14.3 Å². The summed E-state index contributed by atoms with van der Waals surface area (Å²) in [5.74, 6) is -0.885. The van der Waals surface area contributed by atoms with Gasteiger partial charge in [-0.15, -0.1) is 0 Å². The summed E-state index contributed by atoms with van der Waals surface area (Å²) in [6, 6.07) is 16.3. The molecule has 1 atom stereocenters. The van der Waals surface area contributed by atoms with E-state index in [-0.39, 0.29) is 34.7 Å². The number of halogens is 2. The van der Waals surface area contributed by atoms with Crippen molar-refractivity contribution in [1.82, 2.24) is 33.7 Å². The van der Waals surface area contributed by atoms with Gasteiger partial charge in [0.1, 0.15) is 23.0 Å². The number of pyridine rings is 2. The largest absolute Gasteiger partial charge is 0.508 e. The van der Waals surface area contributed by atoms with E-state index >= 15 is 0 Å². The van der Waals surface area contributed by atoms with E-state index in [1.165, 1.54) is 21.4 Å². The number of fused-ring (bicyclic) bond motifs is 2. The van der Waals surface area contributed by atoms with Crippen molar-refractivity contribution in [3.63, 3.8) is 0 Å². The van der Waals surface area contributed by atoms with Gasteiger partial charge in [0, 0.05) is 50.7 Å². The molecule has 2 aromatic carbocycles. The Hall–Kier alpha value is -5.24. The molecule has 6 aromatic rings. The number of aromatic hydroxyl groups is 1. The molecule has 1 saturated heterocycles. The smallest absolute Gasteiger partial charge is 0.337 e. The zero-order valence-electron chi connectivity index (χ0n) is 27.8. The lowest BCUT2D eigenvalue weighted by atomic mass is 9.91. The molecule has 0 spiro atoms. The fraction of sp³-hybridized carbons (Fsp3) is 0.316. The van der Waals surface area contributed by atoms with Gasteiger partial charge < -0.3 is 19.9 Å². The summed E-state index contributed by atoms with van der Waals surface area (Å²) in [5, 5.41) is 23.9. The van der Waals surface area contributed by atoms with E-state index in [4.69, 9.17) is 0 Å². The normalized spacial score (nSPS) is 19.7. The minimum Gasteiger partial charge on any atom is -0.508 e. The molecule has 13 heteroatoms. The molecule has 0 amide bonds. The predicted molar refractivity (Wildman–Crippen MR) is 188 cm³/mol. The molecular weight excluding hydrogens is 656 g/mol. The molecule has 0 unspecified atom stereocenters. The Kier molecular flexibility index (Phi) is 8.70. The Morgan fingerprint density at radius 2 is 1.76 bits per heavy atom. The second kappa shape index (κ2) is 13.5. The number of aromatic nitrogens is 5. The Morgan fingerprint density at radius 3 is 2.57 bits per heavy atom. The third-order valence-electron chi connectivity index (χ3n) is 10.1. The van der Waals surface area contributed by atoms with E-state index in [1.807, 2.05) is 24.3 Å². The Balaban J connectivity index is 1.09. The number of nitrogens with zero attached hydrogens (tertiary/aromatic N) is 6. The molecule has 0 bridgehead atoms. The summed E-state index contributed by atoms with van der Waals surface area (Å²) < 4.78 is 32.5. The third-order valence-corrected chi connectivity index (χ3v) is 10.1. The number of aliphatic hydroxyl groups is 1. The molecular formula is C38H37F2N7O4. The minimum absolute atomic E-state index is 0.0152. The van der Waals surface area contributed by atoms with Gasteiger partial charge in [-0.05, 0) is 91.3 Å². The molecule has 8 rings (SSSR count). The maximum absolute atomic E-state index is 14.6. The molecule has 4 aromatic heterocycles. The van der Waals surface area contributed by atoms with Gasteiger partial charge in [0.2, 0.25) is 0 Å². The lowest BCUT2D eigenvalue weighted by Gasteiger charge is -2.30. The molecule has 0 radical (unpaired) electrons. The number of aliphatic hydroxyl groups excluding tert-OH is 1. The predicted octanol–water partition coefficient (Wildman–Crippen LogP) is 4.69. The van der Waals surface area contributed by atoms with Crippen molar-refractivity contribution in [2.45, 2.75) is 63.4 Å². The highest BCUT2D eigenvalue weighted by molar-refractivity contribution is 5.77. The number of hydrogen-bond donors (Lipinski definition) is 3. The Labute approximate surface area is 291 Å². The number of β-amino-alcohol motifs (C(OH)–C–C–N with tert-alkyl or cyclic N) is 1. The fourth-order valence-electron chi connectivity index (χ4n) is 7.63. The summed E-state index contributed by atoms with van der Waals surface area (Å²) in [5.41, 5.74) is 3.35. The first-order chi connectivity index (χ1) is 24.7. The van der Waals surface area contributed by atoms with Crippen molar-refractivity contribution in [2.24, 2.45) is 0 Å². The van der Waals surface area contributed by atoms with Crippen LogP contribution in [0.1, 0.15) is 49.4 Å². The fourth-order valence-corrected chi connectivity index (χ4v) is 7.63. The van der Waals surface area contributed by atoms with Crippen molar-refractivity contribution in [3.8, 4) is 22.6 Å². The highest BCUT2D eigenvalue weighted by Crippen LogP contribution is 2.32. The van der Waals surface area contributed by atoms with Crippen molar-refractivity contribution < 1.29 is 19.0 Å². The van der Waals surface area contributed by atoms with Crippen LogP contribution < -0.4 is 16.6 Å². The zero-order chi connectivity index (χ0) is 35.2. The van der Waals surface area contributed by atoms with Gasteiger partial charge in [0.25, 0.3) is 5.56 Å². The molecule has 5 heterocycles. The van der Waals surface area contributed by atoms with Crippen molar-refractivity contribution in [2.75, 3.05) is 13.1 Å². The van der Waals surface area contributed by atoms with Crippen LogP contribution in [0.15, 0.2) is 88.8 Å². The summed E-state index contributed by atoms with van der Waals surface area (Å²) in [4.78, 5) is 39.2. The van der Waals surface area contributed by atoms with Crippen LogP contribution in [0.5, 0.6) is 5.75 Å². The highest BCUT2D eigenvalue weighted by atomic mass is 19.1. The first-order valence-electron chi connectivity index (χ1n) is 17.2. The van der Waals surface area contributed by atoms with Crippen LogP contribution >= 0.6 is 0 Å². The van der Waals surface area contributed by atoms with Crippen LogP contribution in [0.4, 0.5) is 8.78 Å². The topological polar surface area (TPSA) is 130 Å². The number of rotatable bonds is 8. The number of hydrogen-bond acceptors (Lipinski definition) is 8. The average molecular weight is 694 g/mol. The first kappa shape index (κ1) is 32.9. The van der Waals surface area contributed by atoms with Crippen LogP contribution in [0.25, 0.3) is 33.5 Å². The van der Waals surface area contributed by atoms with E-state index in [2.05, 4.69) is 20.2 Å². The second-order valence-electron chi connectivity index (χ2n) is 13.6. The lowest BCUT2D eigenvalue weighted by Crippen LogP contribution is -2.44. The van der Waals surface area contributed by atoms with Gasteiger partial charge in [-0.1, -0.05) is 18.2 Å². The molecule has 1 saturated carbocycles. The van der Waals surface area contributed by atoms with Gasteiger partial charge in [0.05, 0.1) is 29.1 Å². The molecule has 51 heavy (non-hydrogen) atoms. The Morgan fingerprint density at radius 1 is 0.922 bits per heavy atom. The van der Waals surface area contributed by atoms with Crippen molar-refractivity contribution >= 4 is 16.7 Å². The molecule has 2 fully saturated rings. The molecule has 1 aliphatic carbocycles. The standard InChI is InChI=1S/C38H37F2N7O4/c39-25-4-11-35-43-28(21-45(35)20-25)18-41-27-5-7-29(8-6-27)47-37(50)34-16-26(40)17-42-36(34)46(38(47)51)30-3-1-2-23(14-30)33-10-9-31(48)15-24(33)19-44-13-12-32(49)22-44/h1-4,9-11,14-17,20-21,27,29,32,41,48-49H,5-8,12-13,18-19,22H2/t27-,29+,32-/m1/s1. The first-order valence-corrected chi connectivity index (χ1v) is 17.2. The SMILES string of the molecule is O=c1c2cc(F)cnc2n(-c2cccc(-c3ccc(O)cc3CN3CC[C@@H](O)C3)c2)c(=O)n1[C@H]1CC[C@@H](NCc2cn3cc(F)ccc3n2)CC1. The maximum Gasteiger partial charge on any atom is 0.337 e. The summed E-state index contributed by atoms with van der Waals surface area (Å²) in [7, 11) is 0. The minimum atomic E-state index is -0.673. The van der Waals surface area contributed by atoms with Gasteiger partial charge >= 0.3 is 5.69 Å². The van der Waals surface area contributed by atoms with E-state index < -0.39 is 23.1 Å². The number of benzene rings is 2. The monoisotopic (exact) mass is 693 g/mol. The quantitative estimate of drug-likeness (QED) is 0.210. The van der Waals surface area contributed by atoms with Crippen molar-refractivity contribution in [1.29, 1.82) is 0 Å². The zero-order valence-corrected chi connectivity index (χ0v) is 27.8. The molecule has 262 valence electrons. The van der Waals surface area contributed by atoms with E-state index in [1.54, 1.807) is 34.9 Å². The summed E-state index contributed by atoms with van der Waals surface area (Å²) in [6.07, 6.45) is 6.99. The van der Waals surface area contributed by atoms with Crippen LogP contribution in [0, 0.1) is 11.6 Å². The summed E-state index contributed by atoms with van der Waals surface area (Å²) in [6.45, 7) is 2.30. The van der Waals surface area contributed by atoms with Crippen LogP contribution in [0.2, 0.25) is 0 Å². The van der Waals surface area contributed by atoms with E-state index in [9.17, 15) is 28.6 Å². The third kappa shape index (κ3) is 6.55. The molecule has 1 aliphatic heterocycles. The maximum atomic E-state index is 14.6. The van der Waals surface area contributed by atoms with E-state index in [0.717, 1.165) is 41.2 Å². The summed E-state index contributed by atoms with van der Waals surface area (Å²) >= 11 is 0. The Bertz CT molecular complexity index is 2380. The average Bonchev–Trinajstić information content (AvgIpc) is 3.73. The molecule has 11 nitrogen and oxygen atoms in total. The van der Waals surface area contributed by atoms with Gasteiger partial charge in [0.15, 0.2) is 5.65 Å². The lowest BCUT2D eigenvalue weighted by molar-refractivity contribution is 0.175. The second-order valence-corrected chi connectivity index (χ2v) is 13.6. The number of nitrogens with one attached hydrogen (secondary N) is 1. The van der Waals surface area contributed by atoms with Crippen LogP contribution in [0.3, 0.4) is 0 Å². The highest BCUT2D eigenvalue weighted by Gasteiger charge is 2.28. The molecule has 2 aliphatic rings. The van der Waals surface area contributed by atoms with Crippen LogP contribution in [-0.4, -0.2) is 63.9 Å². The number of phenols is 1. The van der Waals surface area contributed by atoms with Gasteiger partial charge in [-0.25, -0.2) is 28.1 Å². The number of imidazole rings is 1. The molecule has 3 N–H and O–H groups in total.